The molecule has 0 radical (unpaired) electrons. The fraction of sp³-hybridized carbons (Fsp3) is 0.471. The van der Waals surface area contributed by atoms with Gasteiger partial charge < -0.3 is 25.5 Å². The number of nitrogens with two attached hydrogens (primary N) is 1. The minimum absolute atomic E-state index is 0.188. The van der Waals surface area contributed by atoms with Gasteiger partial charge in [0.05, 0.1) is 16.8 Å². The summed E-state index contributed by atoms with van der Waals surface area (Å²) in [7, 11) is 1.31. The van der Waals surface area contributed by atoms with Gasteiger partial charge in [0.25, 0.3) is 0 Å². The van der Waals surface area contributed by atoms with Crippen molar-refractivity contribution in [2.75, 3.05) is 19.3 Å². The summed E-state index contributed by atoms with van der Waals surface area (Å²) in [5.41, 5.74) is 7.29. The van der Waals surface area contributed by atoms with E-state index in [2.05, 4.69) is 5.32 Å². The lowest BCUT2D eigenvalue weighted by atomic mass is 9.76. The summed E-state index contributed by atoms with van der Waals surface area (Å²) in [6.07, 6.45) is 1.83. The Morgan fingerprint density at radius 3 is 2.38 bits per heavy atom. The quantitative estimate of drug-likeness (QED) is 0.565. The number of hydrogen-bond acceptors (Lipinski definition) is 5. The van der Waals surface area contributed by atoms with Crippen LogP contribution in [0, 0.1) is 0 Å². The summed E-state index contributed by atoms with van der Waals surface area (Å²) in [5.74, 6) is -0.990. The second-order valence-electron chi connectivity index (χ2n) is 6.99. The highest BCUT2D eigenvalue weighted by Gasteiger charge is 2.52. The molecule has 2 rings (SSSR count). The SMILES string of the molecule is CNCC(=Cc1cc(C(=O)O)ccc1N)B1OC(C)(C)C(C)(C)O1. The van der Waals surface area contributed by atoms with Crippen molar-refractivity contribution < 1.29 is 19.2 Å². The van der Waals surface area contributed by atoms with Gasteiger partial charge in [0, 0.05) is 12.2 Å². The first kappa shape index (κ1) is 18.5. The molecule has 0 aliphatic carbocycles. The Bertz CT molecular complexity index is 655. The first-order valence-corrected chi connectivity index (χ1v) is 7.91. The van der Waals surface area contributed by atoms with E-state index in [-0.39, 0.29) is 5.56 Å². The molecule has 0 amide bonds. The van der Waals surface area contributed by atoms with Crippen LogP contribution < -0.4 is 11.1 Å². The molecule has 1 aromatic rings. The third-order valence-corrected chi connectivity index (χ3v) is 4.61. The van der Waals surface area contributed by atoms with Gasteiger partial charge in [-0.05, 0) is 64.0 Å². The number of anilines is 1. The van der Waals surface area contributed by atoms with E-state index in [0.29, 0.717) is 17.8 Å². The number of hydrogen-bond donors (Lipinski definition) is 3. The minimum atomic E-state index is -0.990. The van der Waals surface area contributed by atoms with Gasteiger partial charge in [-0.15, -0.1) is 0 Å². The van der Waals surface area contributed by atoms with Crippen molar-refractivity contribution in [1.82, 2.24) is 5.32 Å². The summed E-state index contributed by atoms with van der Waals surface area (Å²) in [6.45, 7) is 8.49. The molecule has 1 saturated heterocycles. The van der Waals surface area contributed by atoms with Crippen molar-refractivity contribution in [1.29, 1.82) is 0 Å². The second-order valence-corrected chi connectivity index (χ2v) is 6.99. The van der Waals surface area contributed by atoms with Crippen molar-refractivity contribution in [2.45, 2.75) is 38.9 Å². The van der Waals surface area contributed by atoms with Gasteiger partial charge in [-0.3, -0.25) is 0 Å². The third kappa shape index (κ3) is 3.63. The number of aromatic carboxylic acids is 1. The number of carboxylic acid groups (broad SMARTS) is 1. The van der Waals surface area contributed by atoms with Crippen LogP contribution in [0.25, 0.3) is 6.08 Å². The normalized spacial score (nSPS) is 19.5. The molecule has 6 nitrogen and oxygen atoms in total. The third-order valence-electron chi connectivity index (χ3n) is 4.61. The van der Waals surface area contributed by atoms with Crippen molar-refractivity contribution >= 4 is 24.9 Å². The Morgan fingerprint density at radius 1 is 1.29 bits per heavy atom. The van der Waals surface area contributed by atoms with Gasteiger partial charge in [0.1, 0.15) is 0 Å². The molecule has 1 aromatic carbocycles. The first-order chi connectivity index (χ1) is 11.1. The monoisotopic (exact) mass is 332 g/mol. The summed E-state index contributed by atoms with van der Waals surface area (Å²) in [6, 6.07) is 4.64. The zero-order valence-electron chi connectivity index (χ0n) is 14.8. The van der Waals surface area contributed by atoms with Gasteiger partial charge in [0.2, 0.25) is 0 Å². The molecule has 1 aliphatic heterocycles. The molecule has 1 fully saturated rings. The van der Waals surface area contributed by atoms with Crippen LogP contribution in [0.3, 0.4) is 0 Å². The summed E-state index contributed by atoms with van der Waals surface area (Å²) < 4.78 is 12.2. The van der Waals surface area contributed by atoms with Crippen LogP contribution in [0.1, 0.15) is 43.6 Å². The molecule has 0 aromatic heterocycles. The Kier molecular flexibility index (Phi) is 5.08. The Hall–Kier alpha value is -1.83. The van der Waals surface area contributed by atoms with Crippen molar-refractivity contribution in [2.24, 2.45) is 0 Å². The molecule has 7 heteroatoms. The summed E-state index contributed by atoms with van der Waals surface area (Å²) >= 11 is 0. The zero-order chi connectivity index (χ0) is 18.1. The first-order valence-electron chi connectivity index (χ1n) is 7.91. The van der Waals surface area contributed by atoms with Gasteiger partial charge in [0.15, 0.2) is 0 Å². The van der Waals surface area contributed by atoms with Crippen molar-refractivity contribution in [3.63, 3.8) is 0 Å². The molecule has 4 N–H and O–H groups in total. The highest BCUT2D eigenvalue weighted by atomic mass is 16.7. The van der Waals surface area contributed by atoms with E-state index in [4.69, 9.17) is 20.1 Å². The van der Waals surface area contributed by atoms with Crippen LogP contribution in [0.15, 0.2) is 23.7 Å². The average Bonchev–Trinajstić information content (AvgIpc) is 2.68. The number of likely N-dealkylation sites (N-methyl/N-ethyl adjacent to an activating group) is 1. The van der Waals surface area contributed by atoms with Crippen LogP contribution in [0.2, 0.25) is 0 Å². The maximum atomic E-state index is 11.2. The van der Waals surface area contributed by atoms with Crippen molar-refractivity contribution in [3.05, 3.63) is 34.8 Å². The van der Waals surface area contributed by atoms with Gasteiger partial charge in [-0.1, -0.05) is 6.08 Å². The summed E-state index contributed by atoms with van der Waals surface area (Å²) in [5, 5.41) is 12.3. The zero-order valence-corrected chi connectivity index (χ0v) is 14.8. The Morgan fingerprint density at radius 2 is 1.88 bits per heavy atom. The molecule has 1 heterocycles. The lowest BCUT2D eigenvalue weighted by Gasteiger charge is -2.32. The fourth-order valence-electron chi connectivity index (χ4n) is 2.43. The number of nitrogen functional groups attached to an aromatic ring is 1. The standard InChI is InChI=1S/C17H25BN2O4/c1-16(2)17(3,4)24-18(23-16)13(10-20-5)9-12-8-11(15(21)22)6-7-14(12)19/h6-9,20H,10,19H2,1-5H3,(H,21,22). The minimum Gasteiger partial charge on any atom is -0.478 e. The Balaban J connectivity index is 2.40. The van der Waals surface area contributed by atoms with Crippen LogP contribution in [-0.4, -0.2) is 43.0 Å². The lowest BCUT2D eigenvalue weighted by molar-refractivity contribution is 0.00578. The molecular weight excluding hydrogens is 307 g/mol. The predicted octanol–water partition coefficient (Wildman–Crippen LogP) is 2.20. The van der Waals surface area contributed by atoms with Gasteiger partial charge >= 0.3 is 13.1 Å². The number of carboxylic acids is 1. The van der Waals surface area contributed by atoms with Crippen LogP contribution >= 0.6 is 0 Å². The molecule has 0 saturated carbocycles. The molecule has 130 valence electrons. The Labute approximate surface area is 143 Å². The molecule has 24 heavy (non-hydrogen) atoms. The van der Waals surface area contributed by atoms with E-state index in [0.717, 1.165) is 5.47 Å². The molecular formula is C17H25BN2O4. The molecule has 1 aliphatic rings. The molecule has 0 spiro atoms. The number of benzene rings is 1. The number of rotatable bonds is 5. The molecule has 0 atom stereocenters. The van der Waals surface area contributed by atoms with Crippen LogP contribution in [0.4, 0.5) is 5.69 Å². The van der Waals surface area contributed by atoms with Crippen molar-refractivity contribution in [3.8, 4) is 0 Å². The molecule has 0 unspecified atom stereocenters. The summed E-state index contributed by atoms with van der Waals surface area (Å²) in [4.78, 5) is 11.2. The van der Waals surface area contributed by atoms with Crippen LogP contribution in [-0.2, 0) is 9.31 Å². The average molecular weight is 332 g/mol. The smallest absolute Gasteiger partial charge is 0.478 e. The highest BCUT2D eigenvalue weighted by molar-refractivity contribution is 6.56. The van der Waals surface area contributed by atoms with E-state index < -0.39 is 24.3 Å². The maximum Gasteiger partial charge on any atom is 0.491 e. The number of nitrogens with one attached hydrogen (secondary N) is 1. The van der Waals surface area contributed by atoms with E-state index in [1.807, 2.05) is 40.8 Å². The van der Waals surface area contributed by atoms with E-state index in [9.17, 15) is 4.79 Å². The van der Waals surface area contributed by atoms with E-state index in [1.54, 1.807) is 12.1 Å². The van der Waals surface area contributed by atoms with E-state index in [1.165, 1.54) is 6.07 Å². The van der Waals surface area contributed by atoms with Crippen LogP contribution in [0.5, 0.6) is 0 Å². The predicted molar refractivity (Wildman–Crippen MR) is 95.8 cm³/mol. The van der Waals surface area contributed by atoms with E-state index >= 15 is 0 Å². The topological polar surface area (TPSA) is 93.8 Å². The fourth-order valence-corrected chi connectivity index (χ4v) is 2.43. The maximum absolute atomic E-state index is 11.2. The highest BCUT2D eigenvalue weighted by Crippen LogP contribution is 2.38. The lowest BCUT2D eigenvalue weighted by Crippen LogP contribution is -2.41. The largest absolute Gasteiger partial charge is 0.491 e. The number of carbonyl (C=O) groups is 1. The van der Waals surface area contributed by atoms with Gasteiger partial charge in [-0.25, -0.2) is 4.79 Å². The molecule has 0 bridgehead atoms. The van der Waals surface area contributed by atoms with Gasteiger partial charge in [-0.2, -0.15) is 0 Å². The second kappa shape index (κ2) is 6.59.